The molecule has 0 bridgehead atoms. The third-order valence-electron chi connectivity index (χ3n) is 6.98. The van der Waals surface area contributed by atoms with Crippen LogP contribution in [-0.2, 0) is 4.79 Å². The molecule has 1 unspecified atom stereocenters. The Kier molecular flexibility index (Phi) is 7.63. The molecule has 30 heavy (non-hydrogen) atoms. The average molecular weight is 416 g/mol. The van der Waals surface area contributed by atoms with Crippen LogP contribution in [0.4, 0.5) is 5.69 Å². The Balaban J connectivity index is 1.19. The van der Waals surface area contributed by atoms with Gasteiger partial charge >= 0.3 is 0 Å². The van der Waals surface area contributed by atoms with Crippen LogP contribution >= 0.6 is 0 Å². The number of carbonyl (C=O) groups excluding carboxylic acids is 1. The summed E-state index contributed by atoms with van der Waals surface area (Å²) in [5.74, 6) is 0.894. The van der Waals surface area contributed by atoms with Crippen molar-refractivity contribution in [2.75, 3.05) is 38.1 Å². The second kappa shape index (κ2) is 10.6. The minimum Gasteiger partial charge on any atom is -0.490 e. The first kappa shape index (κ1) is 21.6. The molecule has 2 N–H and O–H groups in total. The van der Waals surface area contributed by atoms with Crippen LogP contribution < -0.4 is 10.1 Å². The number of benzene rings is 1. The molecule has 0 radical (unpaired) electrons. The number of rotatable bonds is 8. The monoisotopic (exact) mass is 415 g/mol. The molecule has 3 aliphatic rings. The summed E-state index contributed by atoms with van der Waals surface area (Å²) >= 11 is 0. The molecule has 4 rings (SSSR count). The lowest BCUT2D eigenvalue weighted by Gasteiger charge is -2.44. The van der Waals surface area contributed by atoms with Crippen molar-refractivity contribution in [3.8, 4) is 5.75 Å². The molecule has 166 valence electrons. The Labute approximate surface area is 180 Å². The minimum atomic E-state index is 0.0110. The predicted octanol–water partition coefficient (Wildman–Crippen LogP) is 3.26. The maximum Gasteiger partial charge on any atom is 0.238 e. The van der Waals surface area contributed by atoms with Crippen molar-refractivity contribution in [1.82, 2.24) is 9.80 Å². The number of aliphatic hydroxyl groups is 1. The lowest BCUT2D eigenvalue weighted by Crippen LogP contribution is -2.50. The maximum atomic E-state index is 12.5. The zero-order valence-corrected chi connectivity index (χ0v) is 18.1. The van der Waals surface area contributed by atoms with Gasteiger partial charge in [0, 0.05) is 37.2 Å². The molecule has 6 nitrogen and oxygen atoms in total. The molecule has 1 atom stereocenters. The first-order valence-electron chi connectivity index (χ1n) is 11.9. The summed E-state index contributed by atoms with van der Waals surface area (Å²) in [6, 6.07) is 8.79. The summed E-state index contributed by atoms with van der Waals surface area (Å²) in [6.45, 7) is 4.02. The number of nitrogens with zero attached hydrogens (tertiary/aromatic N) is 2. The first-order valence-corrected chi connectivity index (χ1v) is 11.9. The smallest absolute Gasteiger partial charge is 0.238 e. The average Bonchev–Trinajstić information content (AvgIpc) is 2.74. The van der Waals surface area contributed by atoms with E-state index in [2.05, 4.69) is 15.1 Å². The molecule has 1 saturated carbocycles. The van der Waals surface area contributed by atoms with Crippen molar-refractivity contribution < 1.29 is 14.6 Å². The van der Waals surface area contributed by atoms with Crippen LogP contribution in [0, 0.1) is 0 Å². The third-order valence-corrected chi connectivity index (χ3v) is 6.98. The van der Waals surface area contributed by atoms with E-state index in [4.69, 9.17) is 4.74 Å². The Bertz CT molecular complexity index is 667. The van der Waals surface area contributed by atoms with Crippen LogP contribution in [0.5, 0.6) is 5.75 Å². The van der Waals surface area contributed by atoms with Gasteiger partial charge in [-0.2, -0.15) is 0 Å². The van der Waals surface area contributed by atoms with E-state index in [1.165, 1.54) is 38.8 Å². The SMILES string of the molecule is O=C(CN1CCCCC1CCO)Nc1ccc(OC2CC(N3CCCCC3)C2)cc1. The van der Waals surface area contributed by atoms with Gasteiger partial charge in [-0.15, -0.1) is 0 Å². The van der Waals surface area contributed by atoms with Crippen molar-refractivity contribution in [3.05, 3.63) is 24.3 Å². The van der Waals surface area contributed by atoms with E-state index in [1.54, 1.807) is 0 Å². The summed E-state index contributed by atoms with van der Waals surface area (Å²) in [5, 5.41) is 12.3. The highest BCUT2D eigenvalue weighted by molar-refractivity contribution is 5.92. The zero-order chi connectivity index (χ0) is 20.8. The van der Waals surface area contributed by atoms with E-state index in [0.29, 0.717) is 24.7 Å². The summed E-state index contributed by atoms with van der Waals surface area (Å²) in [5.41, 5.74) is 0.808. The summed E-state index contributed by atoms with van der Waals surface area (Å²) in [7, 11) is 0. The summed E-state index contributed by atoms with van der Waals surface area (Å²) < 4.78 is 6.12. The third kappa shape index (κ3) is 5.74. The van der Waals surface area contributed by atoms with Gasteiger partial charge in [-0.25, -0.2) is 0 Å². The second-order valence-corrected chi connectivity index (χ2v) is 9.17. The van der Waals surface area contributed by atoms with Gasteiger partial charge in [0.25, 0.3) is 0 Å². The van der Waals surface area contributed by atoms with Gasteiger partial charge in [0.2, 0.25) is 5.91 Å². The number of anilines is 1. The van der Waals surface area contributed by atoms with Crippen LogP contribution in [0.1, 0.15) is 57.8 Å². The molecule has 3 fully saturated rings. The molecular formula is C24H37N3O3. The predicted molar refractivity (Wildman–Crippen MR) is 119 cm³/mol. The van der Waals surface area contributed by atoms with Gasteiger partial charge in [0.05, 0.1) is 6.54 Å². The molecule has 0 spiro atoms. The number of aliphatic hydroxyl groups excluding tert-OH is 1. The van der Waals surface area contributed by atoms with E-state index in [9.17, 15) is 9.90 Å². The molecular weight excluding hydrogens is 378 g/mol. The van der Waals surface area contributed by atoms with Crippen LogP contribution in [0.3, 0.4) is 0 Å². The Morgan fingerprint density at radius 1 is 1.03 bits per heavy atom. The number of nitrogens with one attached hydrogen (secondary N) is 1. The van der Waals surface area contributed by atoms with E-state index >= 15 is 0 Å². The van der Waals surface area contributed by atoms with Crippen molar-refractivity contribution in [3.63, 3.8) is 0 Å². The highest BCUT2D eigenvalue weighted by atomic mass is 16.5. The van der Waals surface area contributed by atoms with Gasteiger partial charge in [-0.3, -0.25) is 9.69 Å². The van der Waals surface area contributed by atoms with Gasteiger partial charge in [-0.05, 0) is 76.0 Å². The van der Waals surface area contributed by atoms with Crippen molar-refractivity contribution in [2.24, 2.45) is 0 Å². The van der Waals surface area contributed by atoms with Gasteiger partial charge in [-0.1, -0.05) is 12.8 Å². The van der Waals surface area contributed by atoms with Gasteiger partial charge in [0.1, 0.15) is 11.9 Å². The molecule has 1 aromatic carbocycles. The van der Waals surface area contributed by atoms with E-state index < -0.39 is 0 Å². The minimum absolute atomic E-state index is 0.0110. The quantitative estimate of drug-likeness (QED) is 0.682. The number of ether oxygens (including phenoxy) is 1. The summed E-state index contributed by atoms with van der Waals surface area (Å²) in [4.78, 5) is 17.3. The molecule has 1 amide bonds. The van der Waals surface area contributed by atoms with Crippen LogP contribution in [0.25, 0.3) is 0 Å². The molecule has 2 saturated heterocycles. The number of hydrogen-bond acceptors (Lipinski definition) is 5. The fourth-order valence-electron chi connectivity index (χ4n) is 5.15. The standard InChI is InChI=1S/C24H37N3O3/c28-15-11-20-6-2-5-14-27(20)18-24(29)25-19-7-9-22(10-8-19)30-23-16-21(17-23)26-12-3-1-4-13-26/h7-10,20-21,23,28H,1-6,11-18H2,(H,25,29). The summed E-state index contributed by atoms with van der Waals surface area (Å²) in [6.07, 6.45) is 10.8. The topological polar surface area (TPSA) is 65.0 Å². The molecule has 6 heteroatoms. The van der Waals surface area contributed by atoms with E-state index in [-0.39, 0.29) is 12.5 Å². The molecule has 2 aliphatic heterocycles. The number of likely N-dealkylation sites (tertiary alicyclic amines) is 2. The molecule has 1 aromatic rings. The number of carbonyl (C=O) groups is 1. The number of hydrogen-bond donors (Lipinski definition) is 2. The fraction of sp³-hybridized carbons (Fsp3) is 0.708. The largest absolute Gasteiger partial charge is 0.490 e. The van der Waals surface area contributed by atoms with Gasteiger partial charge in [0.15, 0.2) is 0 Å². The van der Waals surface area contributed by atoms with Crippen molar-refractivity contribution >= 4 is 11.6 Å². The fourth-order valence-corrected chi connectivity index (χ4v) is 5.15. The van der Waals surface area contributed by atoms with Gasteiger partial charge < -0.3 is 20.1 Å². The molecule has 1 aliphatic carbocycles. The highest BCUT2D eigenvalue weighted by Gasteiger charge is 2.35. The lowest BCUT2D eigenvalue weighted by molar-refractivity contribution is -0.118. The van der Waals surface area contributed by atoms with E-state index in [0.717, 1.165) is 50.1 Å². The molecule has 0 aromatic heterocycles. The highest BCUT2D eigenvalue weighted by Crippen LogP contribution is 2.32. The van der Waals surface area contributed by atoms with E-state index in [1.807, 2.05) is 24.3 Å². The Hall–Kier alpha value is -1.63. The molecule has 2 heterocycles. The first-order chi connectivity index (χ1) is 14.7. The maximum absolute atomic E-state index is 12.5. The van der Waals surface area contributed by atoms with Crippen LogP contribution in [-0.4, -0.2) is 71.8 Å². The number of piperidine rings is 2. The van der Waals surface area contributed by atoms with Crippen molar-refractivity contribution in [2.45, 2.75) is 76.0 Å². The second-order valence-electron chi connectivity index (χ2n) is 9.17. The zero-order valence-electron chi connectivity index (χ0n) is 18.1. The Morgan fingerprint density at radius 2 is 1.77 bits per heavy atom. The van der Waals surface area contributed by atoms with Crippen LogP contribution in [0.15, 0.2) is 24.3 Å². The number of amides is 1. The Morgan fingerprint density at radius 3 is 2.50 bits per heavy atom. The van der Waals surface area contributed by atoms with Crippen molar-refractivity contribution in [1.29, 1.82) is 0 Å². The normalized spacial score (nSPS) is 28.0. The lowest BCUT2D eigenvalue weighted by atomic mass is 9.86. The van der Waals surface area contributed by atoms with Crippen LogP contribution in [0.2, 0.25) is 0 Å².